The van der Waals surface area contributed by atoms with Crippen molar-refractivity contribution in [2.45, 2.75) is 39.3 Å². The number of nitrogens with two attached hydrogens (primary N) is 1. The van der Waals surface area contributed by atoms with Crippen LogP contribution in [0.2, 0.25) is 0 Å². The van der Waals surface area contributed by atoms with E-state index in [9.17, 15) is 0 Å². The number of imidazole rings is 1. The number of rotatable bonds is 6. The van der Waals surface area contributed by atoms with Gasteiger partial charge in [0.2, 0.25) is 0 Å². The molecule has 4 N–H and O–H groups in total. The first kappa shape index (κ1) is 12.8. The molecule has 0 saturated carbocycles. The van der Waals surface area contributed by atoms with Crippen molar-refractivity contribution in [3.8, 4) is 0 Å². The van der Waals surface area contributed by atoms with Gasteiger partial charge < -0.3 is 4.98 Å². The van der Waals surface area contributed by atoms with Crippen LogP contribution in [0.15, 0.2) is 18.5 Å². The first-order valence-corrected chi connectivity index (χ1v) is 6.29. The second-order valence-electron chi connectivity index (χ2n) is 4.19. The molecule has 18 heavy (non-hydrogen) atoms. The zero-order valence-electron chi connectivity index (χ0n) is 10.8. The quantitative estimate of drug-likeness (QED) is 0.524. The van der Waals surface area contributed by atoms with Crippen molar-refractivity contribution < 1.29 is 0 Å². The Bertz CT molecular complexity index is 473. The zero-order chi connectivity index (χ0) is 13.0. The monoisotopic (exact) mass is 248 g/mol. The maximum absolute atomic E-state index is 5.60. The highest BCUT2D eigenvalue weighted by Crippen LogP contribution is 2.15. The van der Waals surface area contributed by atoms with Crippen LogP contribution in [-0.4, -0.2) is 19.7 Å². The molecule has 2 aromatic rings. The fourth-order valence-corrected chi connectivity index (χ4v) is 2.04. The van der Waals surface area contributed by atoms with Crippen LogP contribution in [0.1, 0.15) is 37.1 Å². The van der Waals surface area contributed by atoms with Crippen LogP contribution in [0.5, 0.6) is 0 Å². The third-order valence-electron chi connectivity index (χ3n) is 3.04. The molecule has 0 aliphatic carbocycles. The molecule has 6 heteroatoms. The van der Waals surface area contributed by atoms with Crippen LogP contribution in [0.25, 0.3) is 0 Å². The molecule has 98 valence electrons. The van der Waals surface area contributed by atoms with Crippen molar-refractivity contribution in [2.75, 3.05) is 0 Å². The molecule has 0 fully saturated rings. The molecular weight excluding hydrogens is 228 g/mol. The predicted molar refractivity (Wildman–Crippen MR) is 69.6 cm³/mol. The summed E-state index contributed by atoms with van der Waals surface area (Å²) in [6.07, 6.45) is 5.24. The standard InChI is InChI=1S/C12H20N6/c1-3-9-7-10(18(4-2)17-9)8-11(16-13)12-14-5-6-15-12/h5-7,11,16H,3-4,8,13H2,1-2H3,(H,14,15). The minimum Gasteiger partial charge on any atom is -0.347 e. The zero-order valence-corrected chi connectivity index (χ0v) is 10.8. The number of hydrogen-bond acceptors (Lipinski definition) is 4. The van der Waals surface area contributed by atoms with Crippen molar-refractivity contribution in [1.29, 1.82) is 0 Å². The first-order chi connectivity index (χ1) is 8.78. The predicted octanol–water partition coefficient (Wildman–Crippen LogP) is 0.936. The van der Waals surface area contributed by atoms with Crippen LogP contribution in [-0.2, 0) is 19.4 Å². The molecule has 1 atom stereocenters. The summed E-state index contributed by atoms with van der Waals surface area (Å²) in [5.74, 6) is 6.45. The van der Waals surface area contributed by atoms with E-state index in [1.54, 1.807) is 12.4 Å². The summed E-state index contributed by atoms with van der Waals surface area (Å²) in [7, 11) is 0. The summed E-state index contributed by atoms with van der Waals surface area (Å²) in [6.45, 7) is 5.07. The van der Waals surface area contributed by atoms with Gasteiger partial charge in [0, 0.05) is 31.1 Å². The molecule has 0 spiro atoms. The third-order valence-corrected chi connectivity index (χ3v) is 3.04. The highest BCUT2D eigenvalue weighted by Gasteiger charge is 2.16. The van der Waals surface area contributed by atoms with Gasteiger partial charge in [-0.05, 0) is 19.4 Å². The Morgan fingerprint density at radius 1 is 1.50 bits per heavy atom. The van der Waals surface area contributed by atoms with Gasteiger partial charge in [-0.25, -0.2) is 10.4 Å². The smallest absolute Gasteiger partial charge is 0.124 e. The SMILES string of the molecule is CCc1cc(CC(NN)c2ncc[nH]2)n(CC)n1. The van der Waals surface area contributed by atoms with E-state index >= 15 is 0 Å². The lowest BCUT2D eigenvalue weighted by Gasteiger charge is -2.13. The van der Waals surface area contributed by atoms with E-state index in [1.807, 2.05) is 4.68 Å². The Balaban J connectivity index is 2.19. The lowest BCUT2D eigenvalue weighted by atomic mass is 10.1. The third kappa shape index (κ3) is 2.60. The lowest BCUT2D eigenvalue weighted by molar-refractivity contribution is 0.499. The fraction of sp³-hybridized carbons (Fsp3) is 0.500. The first-order valence-electron chi connectivity index (χ1n) is 6.29. The number of aromatic nitrogens is 4. The molecule has 0 aliphatic rings. The van der Waals surface area contributed by atoms with Gasteiger partial charge in [-0.2, -0.15) is 5.10 Å². The largest absolute Gasteiger partial charge is 0.347 e. The molecule has 2 heterocycles. The minimum absolute atomic E-state index is 0.0216. The van der Waals surface area contributed by atoms with Gasteiger partial charge in [-0.1, -0.05) is 6.92 Å². The molecule has 2 rings (SSSR count). The number of aromatic amines is 1. The highest BCUT2D eigenvalue weighted by molar-refractivity contribution is 5.13. The van der Waals surface area contributed by atoms with Gasteiger partial charge in [-0.3, -0.25) is 10.5 Å². The number of nitrogens with one attached hydrogen (secondary N) is 2. The van der Waals surface area contributed by atoms with E-state index < -0.39 is 0 Å². The average molecular weight is 248 g/mol. The van der Waals surface area contributed by atoms with Gasteiger partial charge in [0.25, 0.3) is 0 Å². The van der Waals surface area contributed by atoms with Gasteiger partial charge in [0.1, 0.15) is 5.82 Å². The molecule has 1 unspecified atom stereocenters. The minimum atomic E-state index is -0.0216. The van der Waals surface area contributed by atoms with Crippen LogP contribution in [0, 0.1) is 0 Å². The van der Waals surface area contributed by atoms with E-state index in [0.717, 1.165) is 30.9 Å². The fourth-order valence-electron chi connectivity index (χ4n) is 2.04. The van der Waals surface area contributed by atoms with Crippen LogP contribution in [0.3, 0.4) is 0 Å². The molecule has 0 aliphatic heterocycles. The molecular formula is C12H20N6. The maximum Gasteiger partial charge on any atom is 0.124 e. The summed E-state index contributed by atoms with van der Waals surface area (Å²) in [5.41, 5.74) is 5.08. The Morgan fingerprint density at radius 3 is 2.89 bits per heavy atom. The Morgan fingerprint density at radius 2 is 2.33 bits per heavy atom. The molecule has 6 nitrogen and oxygen atoms in total. The second kappa shape index (κ2) is 5.79. The molecule has 0 aromatic carbocycles. The number of H-pyrrole nitrogens is 1. The van der Waals surface area contributed by atoms with Crippen molar-refractivity contribution in [2.24, 2.45) is 5.84 Å². The van der Waals surface area contributed by atoms with E-state index in [0.29, 0.717) is 0 Å². The van der Waals surface area contributed by atoms with E-state index in [-0.39, 0.29) is 6.04 Å². The molecule has 2 aromatic heterocycles. The summed E-state index contributed by atoms with van der Waals surface area (Å²) in [4.78, 5) is 7.32. The van der Waals surface area contributed by atoms with Crippen LogP contribution < -0.4 is 11.3 Å². The van der Waals surface area contributed by atoms with Crippen molar-refractivity contribution in [3.63, 3.8) is 0 Å². The molecule has 0 saturated heterocycles. The van der Waals surface area contributed by atoms with Gasteiger partial charge in [0.05, 0.1) is 11.7 Å². The van der Waals surface area contributed by atoms with Crippen molar-refractivity contribution in [1.82, 2.24) is 25.2 Å². The number of hydrazine groups is 1. The van der Waals surface area contributed by atoms with Gasteiger partial charge in [-0.15, -0.1) is 0 Å². The topological polar surface area (TPSA) is 84.5 Å². The number of hydrogen-bond donors (Lipinski definition) is 3. The van der Waals surface area contributed by atoms with E-state index in [2.05, 4.69) is 40.4 Å². The van der Waals surface area contributed by atoms with Gasteiger partial charge >= 0.3 is 0 Å². The Kier molecular flexibility index (Phi) is 4.11. The number of nitrogens with zero attached hydrogens (tertiary/aromatic N) is 3. The Hall–Kier alpha value is -1.66. The molecule has 0 amide bonds. The van der Waals surface area contributed by atoms with E-state index in [4.69, 9.17) is 5.84 Å². The van der Waals surface area contributed by atoms with Crippen molar-refractivity contribution >= 4 is 0 Å². The summed E-state index contributed by atoms with van der Waals surface area (Å²) >= 11 is 0. The Labute approximate surface area is 107 Å². The van der Waals surface area contributed by atoms with Crippen LogP contribution in [0.4, 0.5) is 0 Å². The van der Waals surface area contributed by atoms with Crippen molar-refractivity contribution in [3.05, 3.63) is 35.7 Å². The molecule has 0 radical (unpaired) electrons. The number of aryl methyl sites for hydroxylation is 2. The van der Waals surface area contributed by atoms with E-state index in [1.165, 1.54) is 5.69 Å². The summed E-state index contributed by atoms with van der Waals surface area (Å²) < 4.78 is 2.02. The summed E-state index contributed by atoms with van der Waals surface area (Å²) in [6, 6.07) is 2.11. The lowest BCUT2D eigenvalue weighted by Crippen LogP contribution is -2.31. The highest BCUT2D eigenvalue weighted by atomic mass is 15.3. The maximum atomic E-state index is 5.60. The second-order valence-corrected chi connectivity index (χ2v) is 4.19. The summed E-state index contributed by atoms with van der Waals surface area (Å²) in [5, 5.41) is 4.53. The van der Waals surface area contributed by atoms with Gasteiger partial charge in [0.15, 0.2) is 0 Å². The average Bonchev–Trinajstić information content (AvgIpc) is 3.04. The van der Waals surface area contributed by atoms with Crippen LogP contribution >= 0.6 is 0 Å². The molecule has 0 bridgehead atoms. The normalized spacial score (nSPS) is 12.8.